The van der Waals surface area contributed by atoms with Crippen molar-refractivity contribution in [3.05, 3.63) is 28.8 Å². The lowest BCUT2D eigenvalue weighted by Crippen LogP contribution is -2.46. The van der Waals surface area contributed by atoms with Gasteiger partial charge >= 0.3 is 0 Å². The molecule has 0 saturated carbocycles. The monoisotopic (exact) mass is 338 g/mol. The van der Waals surface area contributed by atoms with Gasteiger partial charge in [0.2, 0.25) is 5.91 Å². The fourth-order valence-electron chi connectivity index (χ4n) is 2.86. The Balaban J connectivity index is 2.20. The van der Waals surface area contributed by atoms with Crippen LogP contribution < -0.4 is 5.32 Å². The maximum absolute atomic E-state index is 12.8. The number of halogens is 1. The molecule has 0 aromatic heterocycles. The van der Waals surface area contributed by atoms with Gasteiger partial charge in [0.05, 0.1) is 16.2 Å². The number of anilines is 1. The Bertz CT molecular complexity index is 616. The Morgan fingerprint density at radius 1 is 1.39 bits per heavy atom. The first-order valence-corrected chi connectivity index (χ1v) is 8.06. The van der Waals surface area contributed by atoms with Gasteiger partial charge in [0.1, 0.15) is 0 Å². The Morgan fingerprint density at radius 2 is 2.09 bits per heavy atom. The second-order valence-corrected chi connectivity index (χ2v) is 6.95. The van der Waals surface area contributed by atoms with Crippen molar-refractivity contribution in [2.24, 2.45) is 0 Å². The number of hydrogen-bond donors (Lipinski definition) is 1. The molecule has 1 saturated heterocycles. The summed E-state index contributed by atoms with van der Waals surface area (Å²) in [7, 11) is 1.79. The topological polar surface area (TPSA) is 58.6 Å². The zero-order chi connectivity index (χ0) is 17.2. The van der Waals surface area contributed by atoms with Gasteiger partial charge < -0.3 is 15.0 Å². The summed E-state index contributed by atoms with van der Waals surface area (Å²) in [6.45, 7) is 6.12. The van der Waals surface area contributed by atoms with Crippen LogP contribution in [0.5, 0.6) is 0 Å². The summed E-state index contributed by atoms with van der Waals surface area (Å²) in [5, 5.41) is 3.05. The van der Waals surface area contributed by atoms with Crippen molar-refractivity contribution in [2.75, 3.05) is 19.0 Å². The minimum atomic E-state index is -0.237. The predicted molar refractivity (Wildman–Crippen MR) is 90.9 cm³/mol. The molecule has 1 aliphatic rings. The predicted octanol–water partition coefficient (Wildman–Crippen LogP) is 3.33. The number of amides is 2. The van der Waals surface area contributed by atoms with Gasteiger partial charge in [-0.2, -0.15) is 0 Å². The number of nitrogens with zero attached hydrogens (tertiary/aromatic N) is 1. The van der Waals surface area contributed by atoms with Crippen LogP contribution in [-0.2, 0) is 9.53 Å². The number of carbonyl (C=O) groups is 2. The Kier molecular flexibility index (Phi) is 5.32. The summed E-state index contributed by atoms with van der Waals surface area (Å²) in [5.41, 5.74) is 0.718. The Morgan fingerprint density at radius 3 is 2.70 bits per heavy atom. The molecule has 1 unspecified atom stereocenters. The smallest absolute Gasteiger partial charge is 0.255 e. The van der Waals surface area contributed by atoms with E-state index in [1.807, 2.05) is 13.8 Å². The van der Waals surface area contributed by atoms with Gasteiger partial charge in [-0.25, -0.2) is 0 Å². The molecule has 1 aromatic rings. The third-order valence-electron chi connectivity index (χ3n) is 4.06. The van der Waals surface area contributed by atoms with E-state index >= 15 is 0 Å². The van der Waals surface area contributed by atoms with Crippen LogP contribution in [0.15, 0.2) is 18.2 Å². The van der Waals surface area contributed by atoms with Crippen molar-refractivity contribution in [2.45, 2.75) is 45.3 Å². The zero-order valence-corrected chi connectivity index (χ0v) is 14.7. The third kappa shape index (κ3) is 4.45. The van der Waals surface area contributed by atoms with Gasteiger partial charge in [-0.1, -0.05) is 11.6 Å². The molecule has 0 aliphatic carbocycles. The molecule has 6 heteroatoms. The van der Waals surface area contributed by atoms with Gasteiger partial charge in [-0.3, -0.25) is 9.59 Å². The van der Waals surface area contributed by atoms with E-state index in [2.05, 4.69) is 5.32 Å². The molecule has 1 N–H and O–H groups in total. The molecule has 5 nitrogen and oxygen atoms in total. The molecule has 0 bridgehead atoms. The van der Waals surface area contributed by atoms with Crippen molar-refractivity contribution in [3.8, 4) is 0 Å². The number of nitrogens with one attached hydrogen (secondary N) is 1. The number of benzene rings is 1. The molecule has 23 heavy (non-hydrogen) atoms. The molecule has 1 aliphatic heterocycles. The number of rotatable bonds is 3. The summed E-state index contributed by atoms with van der Waals surface area (Å²) < 4.78 is 5.71. The van der Waals surface area contributed by atoms with E-state index in [9.17, 15) is 9.59 Å². The second kappa shape index (κ2) is 6.89. The van der Waals surface area contributed by atoms with Crippen molar-refractivity contribution in [3.63, 3.8) is 0 Å². The lowest BCUT2D eigenvalue weighted by atomic mass is 9.92. The molecule has 1 fully saturated rings. The third-order valence-corrected chi connectivity index (χ3v) is 4.39. The molecule has 126 valence electrons. The highest BCUT2D eigenvalue weighted by atomic mass is 35.5. The van der Waals surface area contributed by atoms with Crippen LogP contribution in [0.3, 0.4) is 0 Å². The van der Waals surface area contributed by atoms with E-state index in [0.29, 0.717) is 22.9 Å². The first kappa shape index (κ1) is 17.8. The van der Waals surface area contributed by atoms with Gasteiger partial charge in [-0.05, 0) is 44.9 Å². The Hall–Kier alpha value is -1.59. The molecule has 1 atom stereocenters. The van der Waals surface area contributed by atoms with E-state index in [1.165, 1.54) is 6.92 Å². The lowest BCUT2D eigenvalue weighted by molar-refractivity contribution is -0.114. The summed E-state index contributed by atoms with van der Waals surface area (Å²) in [4.78, 5) is 25.7. The number of carbonyl (C=O) groups excluding carboxylic acids is 2. The maximum atomic E-state index is 12.8. The highest BCUT2D eigenvalue weighted by Crippen LogP contribution is 2.29. The highest BCUT2D eigenvalue weighted by Gasteiger charge is 2.33. The van der Waals surface area contributed by atoms with Crippen LogP contribution in [0.4, 0.5) is 5.69 Å². The van der Waals surface area contributed by atoms with Crippen molar-refractivity contribution in [1.82, 2.24) is 4.90 Å². The second-order valence-electron chi connectivity index (χ2n) is 6.55. The first-order chi connectivity index (χ1) is 10.7. The van der Waals surface area contributed by atoms with E-state index in [4.69, 9.17) is 16.3 Å². The van der Waals surface area contributed by atoms with E-state index in [0.717, 1.165) is 12.8 Å². The molecule has 0 spiro atoms. The van der Waals surface area contributed by atoms with Gasteiger partial charge in [0.15, 0.2) is 0 Å². The molecule has 0 radical (unpaired) electrons. The standard InChI is InChI=1S/C17H23ClN2O3/c1-11(21)19-12-5-6-15(18)14(9-12)16(22)20(4)13-7-8-23-17(2,3)10-13/h5-6,9,13H,7-8,10H2,1-4H3,(H,19,21). The van der Waals surface area contributed by atoms with Crippen molar-refractivity contribution < 1.29 is 14.3 Å². The molecule has 2 amide bonds. The van der Waals surface area contributed by atoms with Crippen LogP contribution in [0.2, 0.25) is 5.02 Å². The van der Waals surface area contributed by atoms with E-state index in [1.54, 1.807) is 30.1 Å². The minimum Gasteiger partial charge on any atom is -0.375 e. The average molecular weight is 339 g/mol. The van der Waals surface area contributed by atoms with Crippen molar-refractivity contribution in [1.29, 1.82) is 0 Å². The Labute approximate surface area is 141 Å². The number of hydrogen-bond acceptors (Lipinski definition) is 3. The fourth-order valence-corrected chi connectivity index (χ4v) is 3.05. The minimum absolute atomic E-state index is 0.103. The lowest BCUT2D eigenvalue weighted by Gasteiger charge is -2.39. The summed E-state index contributed by atoms with van der Waals surface area (Å²) in [6, 6.07) is 5.03. The molecule has 2 rings (SSSR count). The summed E-state index contributed by atoms with van der Waals surface area (Å²) in [6.07, 6.45) is 1.58. The van der Waals surface area contributed by atoms with Gasteiger partial charge in [-0.15, -0.1) is 0 Å². The fraction of sp³-hybridized carbons (Fsp3) is 0.529. The van der Waals surface area contributed by atoms with Gasteiger partial charge in [0.25, 0.3) is 5.91 Å². The van der Waals surface area contributed by atoms with Crippen LogP contribution >= 0.6 is 11.6 Å². The molecular weight excluding hydrogens is 316 g/mol. The zero-order valence-electron chi connectivity index (χ0n) is 14.0. The maximum Gasteiger partial charge on any atom is 0.255 e. The first-order valence-electron chi connectivity index (χ1n) is 7.68. The van der Waals surface area contributed by atoms with Crippen molar-refractivity contribution >= 4 is 29.1 Å². The summed E-state index contributed by atoms with van der Waals surface area (Å²) in [5.74, 6) is -0.338. The number of ether oxygens (including phenoxy) is 1. The van der Waals surface area contributed by atoms with Crippen LogP contribution in [-0.4, -0.2) is 42.0 Å². The molecular formula is C17H23ClN2O3. The molecule has 1 heterocycles. The average Bonchev–Trinajstić information content (AvgIpc) is 2.46. The quantitative estimate of drug-likeness (QED) is 0.919. The van der Waals surface area contributed by atoms with Crippen LogP contribution in [0.25, 0.3) is 0 Å². The van der Waals surface area contributed by atoms with Gasteiger partial charge in [0, 0.05) is 32.3 Å². The highest BCUT2D eigenvalue weighted by molar-refractivity contribution is 6.34. The van der Waals surface area contributed by atoms with E-state index < -0.39 is 0 Å². The summed E-state index contributed by atoms with van der Waals surface area (Å²) >= 11 is 6.18. The normalized spacial score (nSPS) is 20.0. The van der Waals surface area contributed by atoms with Crippen LogP contribution in [0.1, 0.15) is 44.0 Å². The van der Waals surface area contributed by atoms with Crippen LogP contribution in [0, 0.1) is 0 Å². The van der Waals surface area contributed by atoms with E-state index in [-0.39, 0.29) is 23.5 Å². The largest absolute Gasteiger partial charge is 0.375 e. The molecule has 1 aromatic carbocycles. The SMILES string of the molecule is CC(=O)Nc1ccc(Cl)c(C(=O)N(C)C2CCOC(C)(C)C2)c1.